The fourth-order valence-corrected chi connectivity index (χ4v) is 5.36. The Balaban J connectivity index is 1.59. The van der Waals surface area contributed by atoms with Crippen molar-refractivity contribution in [1.29, 1.82) is 0 Å². The molecule has 1 aliphatic carbocycles. The highest BCUT2D eigenvalue weighted by Gasteiger charge is 2.31. The van der Waals surface area contributed by atoms with Gasteiger partial charge in [0.05, 0.1) is 24.6 Å². The third kappa shape index (κ3) is 3.57. The van der Waals surface area contributed by atoms with Crippen LogP contribution in [-0.4, -0.2) is 62.8 Å². The second kappa shape index (κ2) is 8.35. The number of imidazole rings is 1. The van der Waals surface area contributed by atoms with E-state index in [4.69, 9.17) is 15.5 Å². The van der Waals surface area contributed by atoms with Crippen LogP contribution in [0.5, 0.6) is 5.75 Å². The number of aldehydes is 1. The number of nitrogens with zero attached hydrogens (tertiary/aromatic N) is 5. The molecule has 6 rings (SSSR count). The fraction of sp³-hybridized carbons (Fsp3) is 0.423. The normalized spacial score (nSPS) is 20.6. The highest BCUT2D eigenvalue weighted by atomic mass is 16.5. The molecule has 0 spiro atoms. The zero-order valence-corrected chi connectivity index (χ0v) is 20.0. The van der Waals surface area contributed by atoms with Crippen LogP contribution in [0.25, 0.3) is 33.6 Å². The summed E-state index contributed by atoms with van der Waals surface area (Å²) >= 11 is 0. The van der Waals surface area contributed by atoms with Gasteiger partial charge in [0, 0.05) is 49.9 Å². The van der Waals surface area contributed by atoms with Crippen LogP contribution in [0.3, 0.4) is 0 Å². The summed E-state index contributed by atoms with van der Waals surface area (Å²) in [5.74, 6) is 2.05. The SMILES string of the molecule is COc1cc(C=O)c(N2CC[C@@H](O)[C@@H](N)C2)c2nc(-c3cc4cccnc4n3CC3CC3)n(C)c12. The molecule has 0 radical (unpaired) electrons. The van der Waals surface area contributed by atoms with Crippen LogP contribution in [0.4, 0.5) is 5.69 Å². The first-order valence-corrected chi connectivity index (χ1v) is 12.2. The molecule has 9 nitrogen and oxygen atoms in total. The number of hydrogen-bond acceptors (Lipinski definition) is 7. The summed E-state index contributed by atoms with van der Waals surface area (Å²) in [5, 5.41) is 11.2. The Bertz CT molecular complexity index is 1440. The van der Waals surface area contributed by atoms with Crippen molar-refractivity contribution in [2.24, 2.45) is 18.7 Å². The molecule has 0 bridgehead atoms. The number of pyridine rings is 1. The van der Waals surface area contributed by atoms with Gasteiger partial charge in [-0.1, -0.05) is 0 Å². The van der Waals surface area contributed by atoms with Gasteiger partial charge in [0.2, 0.25) is 0 Å². The van der Waals surface area contributed by atoms with Gasteiger partial charge in [0.1, 0.15) is 22.4 Å². The number of hydrogen-bond donors (Lipinski definition) is 2. The molecular weight excluding hydrogens is 444 g/mol. The number of carbonyl (C=O) groups excluding carboxylic acids is 1. The Hall–Kier alpha value is -3.43. The van der Waals surface area contributed by atoms with E-state index in [1.807, 2.05) is 23.9 Å². The number of ether oxygens (including phenoxy) is 1. The van der Waals surface area contributed by atoms with Gasteiger partial charge in [-0.3, -0.25) is 4.79 Å². The largest absolute Gasteiger partial charge is 0.494 e. The van der Waals surface area contributed by atoms with Crippen LogP contribution >= 0.6 is 0 Å². The van der Waals surface area contributed by atoms with Crippen LogP contribution in [0.1, 0.15) is 29.6 Å². The van der Waals surface area contributed by atoms with E-state index in [1.165, 1.54) is 12.8 Å². The number of methoxy groups -OCH3 is 1. The molecule has 9 heteroatoms. The number of aliphatic hydroxyl groups is 1. The lowest BCUT2D eigenvalue weighted by molar-refractivity contribution is 0.112. The van der Waals surface area contributed by atoms with Crippen LogP contribution in [0.15, 0.2) is 30.5 Å². The Kier molecular flexibility index (Phi) is 5.26. The number of benzene rings is 1. The van der Waals surface area contributed by atoms with Gasteiger partial charge in [-0.05, 0) is 49.4 Å². The van der Waals surface area contributed by atoms with E-state index >= 15 is 0 Å². The number of piperidine rings is 1. The first kappa shape index (κ1) is 22.1. The topological polar surface area (TPSA) is 111 Å². The number of aromatic nitrogens is 4. The highest BCUT2D eigenvalue weighted by molar-refractivity contribution is 6.04. The van der Waals surface area contributed by atoms with Crippen molar-refractivity contribution in [2.45, 2.75) is 38.0 Å². The van der Waals surface area contributed by atoms with E-state index in [9.17, 15) is 9.90 Å². The van der Waals surface area contributed by atoms with Gasteiger partial charge in [-0.15, -0.1) is 0 Å². The lowest BCUT2D eigenvalue weighted by atomic mass is 10.0. The number of nitrogens with two attached hydrogens (primary N) is 1. The van der Waals surface area contributed by atoms with Crippen molar-refractivity contribution >= 4 is 34.0 Å². The minimum absolute atomic E-state index is 0.393. The minimum Gasteiger partial charge on any atom is -0.494 e. The van der Waals surface area contributed by atoms with Crippen molar-refractivity contribution in [3.05, 3.63) is 36.0 Å². The molecule has 2 aliphatic rings. The summed E-state index contributed by atoms with van der Waals surface area (Å²) < 4.78 is 10.0. The predicted molar refractivity (Wildman–Crippen MR) is 135 cm³/mol. The van der Waals surface area contributed by atoms with E-state index in [1.54, 1.807) is 13.2 Å². The van der Waals surface area contributed by atoms with Crippen molar-refractivity contribution in [1.82, 2.24) is 19.1 Å². The summed E-state index contributed by atoms with van der Waals surface area (Å²) in [6.45, 7) is 1.94. The summed E-state index contributed by atoms with van der Waals surface area (Å²) in [6.07, 6.45) is 5.12. The molecule has 4 aromatic rings. The Morgan fingerprint density at radius 2 is 2.11 bits per heavy atom. The number of fused-ring (bicyclic) bond motifs is 2. The van der Waals surface area contributed by atoms with Crippen LogP contribution < -0.4 is 15.4 Å². The second-order valence-electron chi connectivity index (χ2n) is 9.79. The lowest BCUT2D eigenvalue weighted by Gasteiger charge is -2.36. The molecular formula is C26H30N6O3. The lowest BCUT2D eigenvalue weighted by Crippen LogP contribution is -2.51. The average Bonchev–Trinajstić information content (AvgIpc) is 3.53. The third-order valence-corrected chi connectivity index (χ3v) is 7.42. The van der Waals surface area contributed by atoms with Gasteiger partial charge in [-0.25, -0.2) is 9.97 Å². The van der Waals surface area contributed by atoms with Gasteiger partial charge in [0.15, 0.2) is 12.1 Å². The van der Waals surface area contributed by atoms with Gasteiger partial charge in [-0.2, -0.15) is 0 Å². The number of aliphatic hydroxyl groups excluding tert-OH is 1. The molecule has 2 fully saturated rings. The molecule has 1 saturated heterocycles. The van der Waals surface area contributed by atoms with Crippen LogP contribution in [0, 0.1) is 5.92 Å². The molecule has 4 heterocycles. The Morgan fingerprint density at radius 1 is 1.29 bits per heavy atom. The zero-order valence-electron chi connectivity index (χ0n) is 20.0. The summed E-state index contributed by atoms with van der Waals surface area (Å²) in [6, 6.07) is 7.55. The van der Waals surface area contributed by atoms with E-state index in [0.717, 1.165) is 46.6 Å². The summed E-state index contributed by atoms with van der Waals surface area (Å²) in [7, 11) is 3.59. The predicted octanol–water partition coefficient (Wildman–Crippen LogP) is 2.72. The first-order valence-electron chi connectivity index (χ1n) is 12.2. The third-order valence-electron chi connectivity index (χ3n) is 7.42. The maximum absolute atomic E-state index is 12.2. The molecule has 1 saturated carbocycles. The average molecular weight is 475 g/mol. The molecule has 0 unspecified atom stereocenters. The molecule has 3 N–H and O–H groups in total. The van der Waals surface area contributed by atoms with E-state index in [-0.39, 0.29) is 0 Å². The van der Waals surface area contributed by atoms with Gasteiger partial charge in [0.25, 0.3) is 0 Å². The molecule has 35 heavy (non-hydrogen) atoms. The standard InChI is InChI=1S/C26H30N6O3/c1-30-24-21(35-2)11-17(14-33)23(31-9-7-20(34)18(27)13-31)22(24)29-26(30)19-10-16-4-3-8-28-25(16)32(19)12-15-5-6-15/h3-4,8,10-11,14-15,18,20,34H,5-7,9,12-13,27H2,1-2H3/t18-,20+/m0/s1. The minimum atomic E-state index is -0.551. The van der Waals surface area contributed by atoms with E-state index in [0.29, 0.717) is 42.3 Å². The molecule has 3 aromatic heterocycles. The molecule has 2 atom stereocenters. The second-order valence-corrected chi connectivity index (χ2v) is 9.79. The molecule has 182 valence electrons. The molecule has 0 amide bonds. The van der Waals surface area contributed by atoms with E-state index in [2.05, 4.69) is 26.6 Å². The molecule has 1 aromatic carbocycles. The number of aryl methyl sites for hydroxylation is 1. The van der Waals surface area contributed by atoms with Crippen LogP contribution in [0.2, 0.25) is 0 Å². The fourth-order valence-electron chi connectivity index (χ4n) is 5.36. The van der Waals surface area contributed by atoms with Crippen molar-refractivity contribution < 1.29 is 14.6 Å². The maximum Gasteiger partial charge on any atom is 0.157 e. The number of rotatable bonds is 6. The number of anilines is 1. The highest BCUT2D eigenvalue weighted by Crippen LogP contribution is 2.41. The monoisotopic (exact) mass is 474 g/mol. The smallest absolute Gasteiger partial charge is 0.157 e. The Labute approximate surface area is 203 Å². The molecule has 1 aliphatic heterocycles. The van der Waals surface area contributed by atoms with Crippen LogP contribution in [-0.2, 0) is 13.6 Å². The Morgan fingerprint density at radius 3 is 2.83 bits per heavy atom. The van der Waals surface area contributed by atoms with Gasteiger partial charge < -0.3 is 29.6 Å². The maximum atomic E-state index is 12.2. The quantitative estimate of drug-likeness (QED) is 0.413. The zero-order chi connectivity index (χ0) is 24.3. The summed E-state index contributed by atoms with van der Waals surface area (Å²) in [5.41, 5.74) is 10.9. The van der Waals surface area contributed by atoms with Crippen molar-refractivity contribution in [3.63, 3.8) is 0 Å². The summed E-state index contributed by atoms with van der Waals surface area (Å²) in [4.78, 5) is 24.1. The van der Waals surface area contributed by atoms with E-state index < -0.39 is 12.1 Å². The first-order chi connectivity index (χ1) is 17.0. The van der Waals surface area contributed by atoms with Crippen molar-refractivity contribution in [3.8, 4) is 17.3 Å². The van der Waals surface area contributed by atoms with Gasteiger partial charge >= 0.3 is 0 Å². The van der Waals surface area contributed by atoms with Crippen molar-refractivity contribution in [2.75, 3.05) is 25.1 Å². The number of carbonyl (C=O) groups is 1.